The highest BCUT2D eigenvalue weighted by Gasteiger charge is 2.45. The molecule has 3 N–H and O–H groups in total. The zero-order valence-corrected chi connectivity index (χ0v) is 15.5. The second-order valence-electron chi connectivity index (χ2n) is 7.01. The number of carbonyl (C=O) groups is 2. The number of carboxylic acids is 1. The second kappa shape index (κ2) is 8.02. The maximum Gasteiger partial charge on any atom is 0.331 e. The number of Topliss-reactive ketones (excluding diaryl/α,β-unsaturated/α-hetero) is 1. The quantitative estimate of drug-likeness (QED) is 0.499. The lowest BCUT2D eigenvalue weighted by Crippen LogP contribution is -2.59. The van der Waals surface area contributed by atoms with Gasteiger partial charge >= 0.3 is 5.97 Å². The van der Waals surface area contributed by atoms with Gasteiger partial charge in [0.2, 0.25) is 0 Å². The second-order valence-corrected chi connectivity index (χ2v) is 7.37. The standard InChI is InChI=1S/C20H25NO3S/c1-13(2)9-17(12-25)18(22)20(21,19(23)24)11-14-7-8-15-5-3-4-6-16(15)10-14/h3-8,10,13,17,25H,9,11-12,21H2,1-2H3,(H,23,24). The molecule has 2 aromatic carbocycles. The first kappa shape index (κ1) is 19.5. The number of thiol groups is 1. The molecule has 0 fully saturated rings. The van der Waals surface area contributed by atoms with Gasteiger partial charge in [-0.15, -0.1) is 0 Å². The molecule has 25 heavy (non-hydrogen) atoms. The average Bonchev–Trinajstić information content (AvgIpc) is 2.58. The summed E-state index contributed by atoms with van der Waals surface area (Å²) in [6, 6.07) is 13.4. The molecule has 0 heterocycles. The van der Waals surface area contributed by atoms with E-state index in [2.05, 4.69) is 12.6 Å². The van der Waals surface area contributed by atoms with Crippen LogP contribution < -0.4 is 5.73 Å². The molecular formula is C20H25NO3S. The van der Waals surface area contributed by atoms with E-state index in [1.165, 1.54) is 0 Å². The molecule has 134 valence electrons. The fourth-order valence-electron chi connectivity index (χ4n) is 3.14. The van der Waals surface area contributed by atoms with E-state index < -0.39 is 23.2 Å². The summed E-state index contributed by atoms with van der Waals surface area (Å²) in [6.45, 7) is 3.98. The minimum Gasteiger partial charge on any atom is -0.480 e. The summed E-state index contributed by atoms with van der Waals surface area (Å²) in [6.07, 6.45) is 0.542. The molecule has 0 saturated heterocycles. The SMILES string of the molecule is CC(C)CC(CS)C(=O)C(N)(Cc1ccc2ccccc2c1)C(=O)O. The lowest BCUT2D eigenvalue weighted by Gasteiger charge is -2.28. The maximum absolute atomic E-state index is 12.9. The van der Waals surface area contributed by atoms with Crippen molar-refractivity contribution in [2.45, 2.75) is 32.2 Å². The third-order valence-electron chi connectivity index (χ3n) is 4.47. The van der Waals surface area contributed by atoms with Crippen molar-refractivity contribution in [1.29, 1.82) is 0 Å². The van der Waals surface area contributed by atoms with Crippen LogP contribution in [-0.2, 0) is 16.0 Å². The Bertz CT molecular complexity index is 774. The highest BCUT2D eigenvalue weighted by Crippen LogP contribution is 2.24. The van der Waals surface area contributed by atoms with E-state index in [9.17, 15) is 14.7 Å². The van der Waals surface area contributed by atoms with E-state index in [0.717, 1.165) is 16.3 Å². The normalized spacial score (nSPS) is 15.1. The summed E-state index contributed by atoms with van der Waals surface area (Å²) in [5, 5.41) is 11.7. The predicted octanol–water partition coefficient (Wildman–Crippen LogP) is 3.33. The Morgan fingerprint density at radius 3 is 2.36 bits per heavy atom. The molecule has 2 unspecified atom stereocenters. The highest BCUT2D eigenvalue weighted by atomic mass is 32.1. The monoisotopic (exact) mass is 359 g/mol. The molecule has 0 aliphatic heterocycles. The first-order chi connectivity index (χ1) is 11.8. The number of fused-ring (bicyclic) bond motifs is 1. The number of carboxylic acid groups (broad SMARTS) is 1. The van der Waals surface area contributed by atoms with Crippen LogP contribution in [-0.4, -0.2) is 28.2 Å². The molecule has 0 radical (unpaired) electrons. The molecule has 0 bridgehead atoms. The summed E-state index contributed by atoms with van der Waals surface area (Å²) >= 11 is 4.24. The number of rotatable bonds is 8. The van der Waals surface area contributed by atoms with E-state index in [4.69, 9.17) is 5.73 Å². The zero-order chi connectivity index (χ0) is 18.6. The van der Waals surface area contributed by atoms with Crippen LogP contribution in [0.2, 0.25) is 0 Å². The first-order valence-corrected chi connectivity index (χ1v) is 9.06. The maximum atomic E-state index is 12.9. The van der Waals surface area contributed by atoms with E-state index in [0.29, 0.717) is 12.2 Å². The van der Waals surface area contributed by atoms with Crippen LogP contribution in [0.1, 0.15) is 25.8 Å². The van der Waals surface area contributed by atoms with Crippen molar-refractivity contribution < 1.29 is 14.7 Å². The molecule has 5 heteroatoms. The van der Waals surface area contributed by atoms with Crippen LogP contribution in [0, 0.1) is 11.8 Å². The number of ketones is 1. The average molecular weight is 359 g/mol. The molecular weight excluding hydrogens is 334 g/mol. The van der Waals surface area contributed by atoms with E-state index in [1.54, 1.807) is 0 Å². The van der Waals surface area contributed by atoms with Crippen molar-refractivity contribution in [1.82, 2.24) is 0 Å². The number of benzene rings is 2. The minimum atomic E-state index is -1.94. The van der Waals surface area contributed by atoms with Gasteiger partial charge in [0.15, 0.2) is 11.3 Å². The first-order valence-electron chi connectivity index (χ1n) is 8.43. The molecule has 4 nitrogen and oxygen atoms in total. The summed E-state index contributed by atoms with van der Waals surface area (Å²) in [7, 11) is 0. The number of aliphatic carboxylic acids is 1. The Kier molecular flexibility index (Phi) is 6.25. The minimum absolute atomic E-state index is 0.0334. The molecule has 0 spiro atoms. The Morgan fingerprint density at radius 1 is 1.16 bits per heavy atom. The summed E-state index contributed by atoms with van der Waals surface area (Å²) < 4.78 is 0. The van der Waals surface area contributed by atoms with Gasteiger partial charge in [0, 0.05) is 18.1 Å². The fourth-order valence-corrected chi connectivity index (χ4v) is 3.45. The van der Waals surface area contributed by atoms with Crippen LogP contribution in [0.3, 0.4) is 0 Å². The fraction of sp³-hybridized carbons (Fsp3) is 0.400. The lowest BCUT2D eigenvalue weighted by atomic mass is 9.79. The van der Waals surface area contributed by atoms with Crippen molar-refractivity contribution in [3.63, 3.8) is 0 Å². The highest BCUT2D eigenvalue weighted by molar-refractivity contribution is 7.80. The largest absolute Gasteiger partial charge is 0.480 e. The van der Waals surface area contributed by atoms with Crippen molar-refractivity contribution in [2.24, 2.45) is 17.6 Å². The Morgan fingerprint density at radius 2 is 1.80 bits per heavy atom. The van der Waals surface area contributed by atoms with Crippen molar-refractivity contribution in [2.75, 3.05) is 5.75 Å². The summed E-state index contributed by atoms with van der Waals surface area (Å²) in [5.74, 6) is -1.65. The van der Waals surface area contributed by atoms with E-state index in [1.807, 2.05) is 56.3 Å². The van der Waals surface area contributed by atoms with Crippen LogP contribution in [0.5, 0.6) is 0 Å². The van der Waals surface area contributed by atoms with Crippen LogP contribution in [0.4, 0.5) is 0 Å². The molecule has 2 aromatic rings. The van der Waals surface area contributed by atoms with Gasteiger partial charge in [-0.3, -0.25) is 4.79 Å². The summed E-state index contributed by atoms with van der Waals surface area (Å²) in [5.41, 5.74) is 4.93. The molecule has 0 amide bonds. The van der Waals surface area contributed by atoms with Crippen LogP contribution in [0.15, 0.2) is 42.5 Å². The third kappa shape index (κ3) is 4.41. The van der Waals surface area contributed by atoms with Gasteiger partial charge < -0.3 is 10.8 Å². The Balaban J connectivity index is 2.34. The van der Waals surface area contributed by atoms with Gasteiger partial charge in [-0.05, 0) is 28.7 Å². The third-order valence-corrected chi connectivity index (χ3v) is 4.91. The van der Waals surface area contributed by atoms with Gasteiger partial charge in [-0.2, -0.15) is 12.6 Å². The molecule has 2 atom stereocenters. The van der Waals surface area contributed by atoms with Gasteiger partial charge in [0.1, 0.15) is 0 Å². The predicted molar refractivity (Wildman–Crippen MR) is 104 cm³/mol. The van der Waals surface area contributed by atoms with Crippen molar-refractivity contribution in [3.05, 3.63) is 48.0 Å². The summed E-state index contributed by atoms with van der Waals surface area (Å²) in [4.78, 5) is 24.8. The van der Waals surface area contributed by atoms with Gasteiger partial charge in [-0.25, -0.2) is 4.79 Å². The van der Waals surface area contributed by atoms with Crippen molar-refractivity contribution >= 4 is 35.2 Å². The van der Waals surface area contributed by atoms with Gasteiger partial charge in [0.05, 0.1) is 0 Å². The van der Waals surface area contributed by atoms with Crippen molar-refractivity contribution in [3.8, 4) is 0 Å². The Hall–Kier alpha value is -1.85. The number of hydrogen-bond donors (Lipinski definition) is 3. The molecule has 0 aliphatic carbocycles. The van der Waals surface area contributed by atoms with Gasteiger partial charge in [-0.1, -0.05) is 56.3 Å². The smallest absolute Gasteiger partial charge is 0.331 e. The zero-order valence-electron chi connectivity index (χ0n) is 14.6. The van der Waals surface area contributed by atoms with Crippen LogP contribution in [0.25, 0.3) is 10.8 Å². The van der Waals surface area contributed by atoms with E-state index in [-0.39, 0.29) is 12.3 Å². The molecule has 0 aromatic heterocycles. The van der Waals surface area contributed by atoms with Gasteiger partial charge in [0.25, 0.3) is 0 Å². The topological polar surface area (TPSA) is 80.4 Å². The number of carbonyl (C=O) groups excluding carboxylic acids is 1. The molecule has 2 rings (SSSR count). The Labute approximate surface area is 153 Å². The molecule has 0 aliphatic rings. The molecule has 0 saturated carbocycles. The number of nitrogens with two attached hydrogens (primary N) is 1. The van der Waals surface area contributed by atoms with Crippen LogP contribution >= 0.6 is 12.6 Å². The van der Waals surface area contributed by atoms with E-state index >= 15 is 0 Å². The lowest BCUT2D eigenvalue weighted by molar-refractivity contribution is -0.149. The number of hydrogen-bond acceptors (Lipinski definition) is 4.